The first-order chi connectivity index (χ1) is 9.88. The Hall–Kier alpha value is -2.27. The summed E-state index contributed by atoms with van der Waals surface area (Å²) in [6, 6.07) is 0. The lowest BCUT2D eigenvalue weighted by atomic mass is 10.3. The lowest BCUT2D eigenvalue weighted by Crippen LogP contribution is -2.39. The number of ether oxygens (including phenoxy) is 1. The van der Waals surface area contributed by atoms with Crippen LogP contribution in [0.3, 0.4) is 0 Å². The first-order valence-electron chi connectivity index (χ1n) is 5.44. The smallest absolute Gasteiger partial charge is 0.464 e. The number of anilines is 1. The summed E-state index contributed by atoms with van der Waals surface area (Å²) in [5.41, 5.74) is -1.67. The van der Waals surface area contributed by atoms with Crippen LogP contribution in [0, 0.1) is 0 Å². The first kappa shape index (κ1) is 17.8. The third kappa shape index (κ3) is 3.89. The Labute approximate surface area is 119 Å². The van der Waals surface area contributed by atoms with Crippen molar-refractivity contribution in [2.24, 2.45) is 0 Å². The third-order valence-corrected chi connectivity index (χ3v) is 2.44. The zero-order chi connectivity index (χ0) is 17.3. The van der Waals surface area contributed by atoms with Gasteiger partial charge in [-0.05, 0) is 0 Å². The maximum absolute atomic E-state index is 12.4. The van der Waals surface area contributed by atoms with E-state index < -0.39 is 42.2 Å². The zero-order valence-corrected chi connectivity index (χ0v) is 11.1. The van der Waals surface area contributed by atoms with Gasteiger partial charge in [-0.25, -0.2) is 9.48 Å². The van der Waals surface area contributed by atoms with Crippen LogP contribution in [0.2, 0.25) is 0 Å². The molecule has 0 saturated heterocycles. The maximum atomic E-state index is 12.4. The number of nitrogens with zero attached hydrogens (tertiary/aromatic N) is 3. The maximum Gasteiger partial charge on any atom is 0.471 e. The third-order valence-electron chi connectivity index (χ3n) is 2.44. The Morgan fingerprint density at radius 2 is 1.82 bits per heavy atom. The fourth-order valence-electron chi connectivity index (χ4n) is 1.52. The van der Waals surface area contributed by atoms with Gasteiger partial charge in [0.05, 0.1) is 19.0 Å². The zero-order valence-electron chi connectivity index (χ0n) is 11.1. The molecule has 0 aliphatic carbocycles. The monoisotopic (exact) mass is 333 g/mol. The molecule has 22 heavy (non-hydrogen) atoms. The van der Waals surface area contributed by atoms with Crippen LogP contribution in [0.25, 0.3) is 0 Å². The van der Waals surface area contributed by atoms with Crippen LogP contribution in [0.4, 0.5) is 32.0 Å². The summed E-state index contributed by atoms with van der Waals surface area (Å²) in [6.45, 7) is -1.73. The topological polar surface area (TPSA) is 64.4 Å². The van der Waals surface area contributed by atoms with E-state index >= 15 is 0 Å². The largest absolute Gasteiger partial charge is 0.471 e. The van der Waals surface area contributed by atoms with E-state index in [0.717, 1.165) is 7.11 Å². The fourth-order valence-corrected chi connectivity index (χ4v) is 1.52. The summed E-state index contributed by atoms with van der Waals surface area (Å²) in [5.74, 6) is -3.73. The number of alkyl halides is 6. The van der Waals surface area contributed by atoms with Crippen LogP contribution in [-0.2, 0) is 16.1 Å². The molecule has 0 atom stereocenters. The van der Waals surface area contributed by atoms with E-state index in [-0.39, 0.29) is 9.58 Å². The van der Waals surface area contributed by atoms with E-state index in [2.05, 4.69) is 9.84 Å². The first-order valence-corrected chi connectivity index (χ1v) is 5.44. The number of esters is 1. The van der Waals surface area contributed by atoms with Gasteiger partial charge in [0.25, 0.3) is 0 Å². The van der Waals surface area contributed by atoms with E-state index in [0.29, 0.717) is 13.2 Å². The molecule has 0 N–H and O–H groups in total. The minimum Gasteiger partial charge on any atom is -0.464 e. The van der Waals surface area contributed by atoms with Crippen LogP contribution in [0.15, 0.2) is 6.20 Å². The molecule has 0 fully saturated rings. The molecule has 124 valence electrons. The van der Waals surface area contributed by atoms with Crippen molar-refractivity contribution in [2.75, 3.05) is 19.1 Å². The van der Waals surface area contributed by atoms with Gasteiger partial charge in [0, 0.05) is 7.05 Å². The van der Waals surface area contributed by atoms with E-state index in [4.69, 9.17) is 0 Å². The average molecular weight is 333 g/mol. The normalized spacial score (nSPS) is 12.2. The average Bonchev–Trinajstić information content (AvgIpc) is 2.76. The molecule has 0 spiro atoms. The molecule has 0 radical (unpaired) electrons. The molecule has 1 aromatic rings. The fraction of sp³-hybridized carbons (Fsp3) is 0.500. The van der Waals surface area contributed by atoms with Gasteiger partial charge in [-0.1, -0.05) is 0 Å². The number of hydrogen-bond acceptors (Lipinski definition) is 4. The van der Waals surface area contributed by atoms with Crippen molar-refractivity contribution in [2.45, 2.75) is 18.9 Å². The van der Waals surface area contributed by atoms with Crippen LogP contribution in [0.1, 0.15) is 10.5 Å². The second kappa shape index (κ2) is 5.85. The molecule has 12 heteroatoms. The number of carbonyl (C=O) groups is 2. The number of rotatable bonds is 3. The molecular weight excluding hydrogens is 324 g/mol. The highest BCUT2D eigenvalue weighted by Gasteiger charge is 2.43. The van der Waals surface area contributed by atoms with E-state index in [1.807, 2.05) is 0 Å². The van der Waals surface area contributed by atoms with Gasteiger partial charge in [0.1, 0.15) is 6.54 Å². The number of aromatic nitrogens is 2. The Balaban J connectivity index is 3.32. The molecule has 0 aliphatic heterocycles. The van der Waals surface area contributed by atoms with Gasteiger partial charge in [-0.3, -0.25) is 4.79 Å². The number of methoxy groups -OCH3 is 1. The number of amides is 1. The van der Waals surface area contributed by atoms with Crippen LogP contribution in [-0.4, -0.2) is 48.2 Å². The predicted molar refractivity (Wildman–Crippen MR) is 59.1 cm³/mol. The van der Waals surface area contributed by atoms with Gasteiger partial charge in [0.2, 0.25) is 0 Å². The summed E-state index contributed by atoms with van der Waals surface area (Å²) in [7, 11) is 1.47. The Morgan fingerprint density at radius 3 is 2.23 bits per heavy atom. The minimum absolute atomic E-state index is 0.0217. The second-order valence-corrected chi connectivity index (χ2v) is 4.00. The van der Waals surface area contributed by atoms with Gasteiger partial charge in [-0.2, -0.15) is 31.4 Å². The highest BCUT2D eigenvalue weighted by molar-refractivity contribution is 6.03. The molecule has 1 amide bonds. The van der Waals surface area contributed by atoms with Gasteiger partial charge >= 0.3 is 24.2 Å². The molecule has 0 saturated carbocycles. The molecule has 0 aromatic carbocycles. The van der Waals surface area contributed by atoms with Crippen molar-refractivity contribution in [1.82, 2.24) is 9.78 Å². The van der Waals surface area contributed by atoms with E-state index in [9.17, 15) is 35.9 Å². The molecular formula is C10H9F6N3O3. The van der Waals surface area contributed by atoms with Crippen molar-refractivity contribution in [3.8, 4) is 0 Å². The predicted octanol–water partition coefficient (Wildman–Crippen LogP) is 1.76. The van der Waals surface area contributed by atoms with Crippen LogP contribution in [0.5, 0.6) is 0 Å². The number of carbonyl (C=O) groups excluding carboxylic acids is 2. The van der Waals surface area contributed by atoms with Crippen LogP contribution < -0.4 is 4.90 Å². The molecule has 1 heterocycles. The summed E-state index contributed by atoms with van der Waals surface area (Å²) in [5, 5.41) is 3.19. The molecule has 6 nitrogen and oxygen atoms in total. The van der Waals surface area contributed by atoms with Crippen molar-refractivity contribution in [3.05, 3.63) is 11.9 Å². The van der Waals surface area contributed by atoms with Crippen molar-refractivity contribution in [1.29, 1.82) is 0 Å². The lowest BCUT2D eigenvalue weighted by molar-refractivity contribution is -0.170. The van der Waals surface area contributed by atoms with E-state index in [1.165, 1.54) is 0 Å². The Kier molecular flexibility index (Phi) is 4.73. The van der Waals surface area contributed by atoms with Gasteiger partial charge < -0.3 is 9.64 Å². The van der Waals surface area contributed by atoms with Gasteiger partial charge in [0.15, 0.2) is 5.69 Å². The molecule has 1 aromatic heterocycles. The Bertz CT molecular complexity index is 577. The van der Waals surface area contributed by atoms with Crippen molar-refractivity contribution in [3.63, 3.8) is 0 Å². The SMILES string of the molecule is COC(=O)c1c(N(C)C(=O)C(F)(F)F)cnn1CC(F)(F)F. The molecule has 0 bridgehead atoms. The number of halogens is 6. The van der Waals surface area contributed by atoms with Gasteiger partial charge in [-0.15, -0.1) is 0 Å². The summed E-state index contributed by atoms with van der Waals surface area (Å²) < 4.78 is 78.5. The number of hydrogen-bond donors (Lipinski definition) is 0. The second-order valence-electron chi connectivity index (χ2n) is 4.00. The Morgan fingerprint density at radius 1 is 1.27 bits per heavy atom. The van der Waals surface area contributed by atoms with Crippen molar-refractivity contribution < 1.29 is 40.7 Å². The van der Waals surface area contributed by atoms with Crippen molar-refractivity contribution >= 4 is 17.6 Å². The summed E-state index contributed by atoms with van der Waals surface area (Å²) >= 11 is 0. The highest BCUT2D eigenvalue weighted by Crippen LogP contribution is 2.27. The lowest BCUT2D eigenvalue weighted by Gasteiger charge is -2.18. The van der Waals surface area contributed by atoms with E-state index in [1.54, 1.807) is 0 Å². The standard InChI is InChI=1S/C10H9F6N3O3/c1-18(8(21)10(14,15)16)5-3-17-19(4-9(11,12)13)6(5)7(20)22-2/h3H,4H2,1-2H3. The summed E-state index contributed by atoms with van der Waals surface area (Å²) in [6.07, 6.45) is -9.51. The molecule has 0 aliphatic rings. The molecule has 0 unspecified atom stereocenters. The summed E-state index contributed by atoms with van der Waals surface area (Å²) in [4.78, 5) is 22.6. The van der Waals surface area contributed by atoms with Crippen LogP contribution >= 0.6 is 0 Å². The molecule has 1 rings (SSSR count). The minimum atomic E-state index is -5.27. The highest BCUT2D eigenvalue weighted by atomic mass is 19.4. The quantitative estimate of drug-likeness (QED) is 0.625.